The summed E-state index contributed by atoms with van der Waals surface area (Å²) >= 11 is 0. The van der Waals surface area contributed by atoms with Gasteiger partial charge in [-0.1, -0.05) is 6.07 Å². The van der Waals surface area contributed by atoms with Crippen LogP contribution in [0.5, 0.6) is 0 Å². The Morgan fingerprint density at radius 2 is 1.86 bits per heavy atom. The van der Waals surface area contributed by atoms with Crippen molar-refractivity contribution in [1.29, 1.82) is 0 Å². The maximum atomic E-state index is 13.6. The van der Waals surface area contributed by atoms with E-state index >= 15 is 0 Å². The molecule has 3 aliphatic rings. The highest BCUT2D eigenvalue weighted by Gasteiger charge is 2.48. The molecule has 0 aromatic carbocycles. The van der Waals surface area contributed by atoms with Crippen molar-refractivity contribution in [3.05, 3.63) is 54.2 Å². The lowest BCUT2D eigenvalue weighted by molar-refractivity contribution is -0.137. The molecule has 10 nitrogen and oxygen atoms in total. The molecule has 5 rings (SSSR count). The van der Waals surface area contributed by atoms with Crippen molar-refractivity contribution in [2.45, 2.75) is 31.7 Å². The zero-order valence-corrected chi connectivity index (χ0v) is 20.4. The topological polar surface area (TPSA) is 116 Å². The van der Waals surface area contributed by atoms with Crippen molar-refractivity contribution >= 4 is 23.6 Å². The number of aromatic nitrogens is 1. The molecule has 36 heavy (non-hydrogen) atoms. The normalized spacial score (nSPS) is 23.4. The van der Waals surface area contributed by atoms with Crippen LogP contribution in [0.4, 0.5) is 0 Å². The predicted molar refractivity (Wildman–Crippen MR) is 128 cm³/mol. The number of piperidine rings is 1. The third-order valence-electron chi connectivity index (χ3n) is 8.00. The van der Waals surface area contributed by atoms with E-state index in [0.717, 1.165) is 24.8 Å². The van der Waals surface area contributed by atoms with Gasteiger partial charge in [-0.3, -0.25) is 24.2 Å². The standard InChI is InChI=1S/C26H31N5O5/c1-29-21(32)14-19(23(29)18-4-2-9-27-15-18)25(35)31-12-8-26(17-31)6-10-30(11-7-26)22(33)16-28-24(34)20-5-3-13-36-20/h2-5,9,13,15,19,23H,6-8,10-12,14,16-17H2,1H3,(H,28,34). The van der Waals surface area contributed by atoms with E-state index in [1.165, 1.54) is 6.26 Å². The number of carbonyl (C=O) groups excluding carboxylic acids is 4. The van der Waals surface area contributed by atoms with E-state index in [9.17, 15) is 19.2 Å². The molecule has 0 radical (unpaired) electrons. The predicted octanol–water partition coefficient (Wildman–Crippen LogP) is 1.47. The Kier molecular flexibility index (Phi) is 6.51. The van der Waals surface area contributed by atoms with Gasteiger partial charge in [-0.15, -0.1) is 0 Å². The van der Waals surface area contributed by atoms with Crippen molar-refractivity contribution in [3.63, 3.8) is 0 Å². The quantitative estimate of drug-likeness (QED) is 0.674. The van der Waals surface area contributed by atoms with Crippen molar-refractivity contribution < 1.29 is 23.6 Å². The molecule has 5 heterocycles. The summed E-state index contributed by atoms with van der Waals surface area (Å²) in [7, 11) is 1.75. The fourth-order valence-electron chi connectivity index (χ4n) is 5.86. The minimum Gasteiger partial charge on any atom is -0.459 e. The van der Waals surface area contributed by atoms with Crippen molar-refractivity contribution in [1.82, 2.24) is 25.0 Å². The van der Waals surface area contributed by atoms with Crippen LogP contribution in [0, 0.1) is 11.3 Å². The third kappa shape index (κ3) is 4.59. The maximum absolute atomic E-state index is 13.6. The molecule has 3 saturated heterocycles. The third-order valence-corrected chi connectivity index (χ3v) is 8.00. The van der Waals surface area contributed by atoms with Crippen LogP contribution in [0.25, 0.3) is 0 Å². The molecule has 4 amide bonds. The fourth-order valence-corrected chi connectivity index (χ4v) is 5.86. The number of furan rings is 1. The van der Waals surface area contributed by atoms with Crippen LogP contribution in [0.2, 0.25) is 0 Å². The van der Waals surface area contributed by atoms with Crippen molar-refractivity contribution in [3.8, 4) is 0 Å². The zero-order chi connectivity index (χ0) is 25.3. The molecule has 190 valence electrons. The Morgan fingerprint density at radius 1 is 1.11 bits per heavy atom. The summed E-state index contributed by atoms with van der Waals surface area (Å²) in [6.45, 7) is 2.44. The van der Waals surface area contributed by atoms with Crippen LogP contribution >= 0.6 is 0 Å². The smallest absolute Gasteiger partial charge is 0.287 e. The summed E-state index contributed by atoms with van der Waals surface area (Å²) in [4.78, 5) is 60.3. The number of hydrogen-bond donors (Lipinski definition) is 1. The van der Waals surface area contributed by atoms with Gasteiger partial charge in [0.1, 0.15) is 0 Å². The van der Waals surface area contributed by atoms with Crippen molar-refractivity contribution in [2.24, 2.45) is 11.3 Å². The minimum atomic E-state index is -0.415. The molecule has 2 atom stereocenters. The Hall–Kier alpha value is -3.69. The molecule has 2 unspecified atom stereocenters. The molecule has 3 aliphatic heterocycles. The van der Waals surface area contributed by atoms with Gasteiger partial charge in [-0.2, -0.15) is 0 Å². The highest BCUT2D eigenvalue weighted by Crippen LogP contribution is 2.43. The van der Waals surface area contributed by atoms with Gasteiger partial charge in [0.25, 0.3) is 5.91 Å². The Morgan fingerprint density at radius 3 is 2.53 bits per heavy atom. The summed E-state index contributed by atoms with van der Waals surface area (Å²) in [5.41, 5.74) is 0.867. The van der Waals surface area contributed by atoms with E-state index in [4.69, 9.17) is 4.42 Å². The monoisotopic (exact) mass is 493 g/mol. The number of hydrogen-bond acceptors (Lipinski definition) is 6. The van der Waals surface area contributed by atoms with Crippen LogP contribution in [0.3, 0.4) is 0 Å². The average molecular weight is 494 g/mol. The Labute approximate surface area is 209 Å². The maximum Gasteiger partial charge on any atom is 0.287 e. The molecule has 1 N–H and O–H groups in total. The van der Waals surface area contributed by atoms with E-state index in [-0.39, 0.29) is 47.9 Å². The van der Waals surface area contributed by atoms with Gasteiger partial charge in [0.2, 0.25) is 17.7 Å². The summed E-state index contributed by atoms with van der Waals surface area (Å²) in [6, 6.07) is 6.62. The Bertz CT molecular complexity index is 1130. The molecule has 0 bridgehead atoms. The molecule has 10 heteroatoms. The van der Waals surface area contributed by atoms with Gasteiger partial charge in [0.05, 0.1) is 24.8 Å². The summed E-state index contributed by atoms with van der Waals surface area (Å²) in [5.74, 6) is -0.770. The lowest BCUT2D eigenvalue weighted by atomic mass is 9.77. The number of amides is 4. The highest BCUT2D eigenvalue weighted by atomic mass is 16.3. The van der Waals surface area contributed by atoms with Gasteiger partial charge in [0.15, 0.2) is 5.76 Å². The van der Waals surface area contributed by atoms with E-state index in [1.54, 1.807) is 41.4 Å². The van der Waals surface area contributed by atoms with Crippen LogP contribution in [-0.2, 0) is 14.4 Å². The zero-order valence-electron chi connectivity index (χ0n) is 20.4. The highest BCUT2D eigenvalue weighted by molar-refractivity contribution is 5.94. The van der Waals surface area contributed by atoms with Crippen LogP contribution < -0.4 is 5.32 Å². The molecule has 2 aromatic heterocycles. The fraction of sp³-hybridized carbons (Fsp3) is 0.500. The second-order valence-corrected chi connectivity index (χ2v) is 10.1. The summed E-state index contributed by atoms with van der Waals surface area (Å²) in [6.07, 6.45) is 7.56. The molecule has 2 aromatic rings. The number of likely N-dealkylation sites (tertiary alicyclic amines) is 3. The Balaban J connectivity index is 1.16. The van der Waals surface area contributed by atoms with Gasteiger partial charge >= 0.3 is 0 Å². The van der Waals surface area contributed by atoms with Crippen LogP contribution in [-0.4, -0.2) is 83.1 Å². The van der Waals surface area contributed by atoms with E-state index in [2.05, 4.69) is 10.3 Å². The van der Waals surface area contributed by atoms with Gasteiger partial charge in [-0.05, 0) is 48.4 Å². The first kappa shape index (κ1) is 24.0. The van der Waals surface area contributed by atoms with Gasteiger partial charge in [-0.25, -0.2) is 0 Å². The first-order valence-electron chi connectivity index (χ1n) is 12.4. The number of rotatable bonds is 5. The van der Waals surface area contributed by atoms with Crippen LogP contribution in [0.1, 0.15) is 47.8 Å². The largest absolute Gasteiger partial charge is 0.459 e. The second-order valence-electron chi connectivity index (χ2n) is 10.1. The number of nitrogens with zero attached hydrogens (tertiary/aromatic N) is 4. The summed E-state index contributed by atoms with van der Waals surface area (Å²) < 4.78 is 5.05. The second kappa shape index (κ2) is 9.75. The van der Waals surface area contributed by atoms with Crippen molar-refractivity contribution in [2.75, 3.05) is 39.8 Å². The minimum absolute atomic E-state index is 0.0117. The first-order valence-corrected chi connectivity index (χ1v) is 12.4. The van der Waals surface area contributed by atoms with Crippen LogP contribution in [0.15, 0.2) is 47.3 Å². The number of pyridine rings is 1. The first-order chi connectivity index (χ1) is 17.4. The summed E-state index contributed by atoms with van der Waals surface area (Å²) in [5, 5.41) is 2.61. The molecule has 1 spiro atoms. The lowest BCUT2D eigenvalue weighted by Crippen LogP contribution is -2.48. The van der Waals surface area contributed by atoms with E-state index in [0.29, 0.717) is 26.2 Å². The molecule has 0 aliphatic carbocycles. The van der Waals surface area contributed by atoms with Gasteiger partial charge in [0, 0.05) is 52.0 Å². The molecular formula is C26H31N5O5. The number of carbonyl (C=O) groups is 4. The lowest BCUT2D eigenvalue weighted by Gasteiger charge is -2.39. The number of nitrogens with one attached hydrogen (secondary N) is 1. The van der Waals surface area contributed by atoms with E-state index in [1.807, 2.05) is 17.0 Å². The van der Waals surface area contributed by atoms with E-state index < -0.39 is 11.8 Å². The molecular weight excluding hydrogens is 462 g/mol. The van der Waals surface area contributed by atoms with Gasteiger partial charge < -0.3 is 24.4 Å². The average Bonchev–Trinajstić information content (AvgIpc) is 3.64. The SMILES string of the molecule is CN1C(=O)CC(C(=O)N2CCC3(CCN(C(=O)CNC(=O)c4ccco4)CC3)C2)C1c1cccnc1. The molecule has 3 fully saturated rings. The molecule has 0 saturated carbocycles.